The molecule has 68 valence electrons. The van der Waals surface area contributed by atoms with Gasteiger partial charge in [0.2, 0.25) is 10.1 Å². The van der Waals surface area contributed by atoms with E-state index in [4.69, 9.17) is 17.3 Å². The Morgan fingerprint density at radius 3 is 3.00 bits per heavy atom. The van der Waals surface area contributed by atoms with Crippen molar-refractivity contribution in [1.29, 1.82) is 0 Å². The van der Waals surface area contributed by atoms with Crippen LogP contribution in [0.3, 0.4) is 0 Å². The standard InChI is InChI=1S/C6H5ClN4OS/c1-2-3(7)4(12)11-6(9-2)13-5(8)10-11/h1H3,(H2,8,10). The monoisotopic (exact) mass is 216 g/mol. The second-order valence-electron chi connectivity index (χ2n) is 2.45. The number of aromatic nitrogens is 3. The molecule has 2 aromatic heterocycles. The van der Waals surface area contributed by atoms with Crippen molar-refractivity contribution in [3.05, 3.63) is 21.1 Å². The Morgan fingerprint density at radius 1 is 1.62 bits per heavy atom. The number of fused-ring (bicyclic) bond motifs is 1. The molecule has 2 rings (SSSR count). The van der Waals surface area contributed by atoms with Gasteiger partial charge >= 0.3 is 0 Å². The SMILES string of the molecule is Cc1nc2sc(N)nn2c(=O)c1Cl. The number of anilines is 1. The first-order chi connectivity index (χ1) is 6.09. The van der Waals surface area contributed by atoms with Crippen molar-refractivity contribution in [2.75, 3.05) is 5.73 Å². The van der Waals surface area contributed by atoms with Gasteiger partial charge in [-0.25, -0.2) is 4.98 Å². The van der Waals surface area contributed by atoms with Gasteiger partial charge in [0.25, 0.3) is 5.56 Å². The molecule has 0 aliphatic heterocycles. The molecule has 2 N–H and O–H groups in total. The lowest BCUT2D eigenvalue weighted by molar-refractivity contribution is 0.896. The van der Waals surface area contributed by atoms with Gasteiger partial charge < -0.3 is 5.73 Å². The van der Waals surface area contributed by atoms with Crippen molar-refractivity contribution in [2.24, 2.45) is 0 Å². The summed E-state index contributed by atoms with van der Waals surface area (Å²) in [6.07, 6.45) is 0. The van der Waals surface area contributed by atoms with Gasteiger partial charge in [-0.15, -0.1) is 5.10 Å². The zero-order valence-electron chi connectivity index (χ0n) is 6.61. The molecular weight excluding hydrogens is 212 g/mol. The molecular formula is C6H5ClN4OS. The van der Waals surface area contributed by atoms with Crippen LogP contribution in [0.25, 0.3) is 4.96 Å². The van der Waals surface area contributed by atoms with Gasteiger partial charge in [0.05, 0.1) is 5.69 Å². The highest BCUT2D eigenvalue weighted by molar-refractivity contribution is 7.20. The normalized spacial score (nSPS) is 10.9. The molecule has 0 aliphatic carbocycles. The Kier molecular flexibility index (Phi) is 1.74. The summed E-state index contributed by atoms with van der Waals surface area (Å²) in [5, 5.41) is 4.15. The van der Waals surface area contributed by atoms with Crippen LogP contribution < -0.4 is 11.3 Å². The quantitative estimate of drug-likeness (QED) is 0.704. The summed E-state index contributed by atoms with van der Waals surface area (Å²) in [5.74, 6) is 0. The van der Waals surface area contributed by atoms with Crippen LogP contribution in [-0.2, 0) is 0 Å². The Bertz CT molecular complexity index is 531. The van der Waals surface area contributed by atoms with Crippen LogP contribution >= 0.6 is 22.9 Å². The highest BCUT2D eigenvalue weighted by Crippen LogP contribution is 2.15. The molecule has 0 fully saturated rings. The number of rotatable bonds is 0. The molecule has 0 amide bonds. The lowest BCUT2D eigenvalue weighted by atomic mass is 10.4. The maximum atomic E-state index is 11.4. The van der Waals surface area contributed by atoms with Crippen LogP contribution in [0.1, 0.15) is 5.69 Å². The summed E-state index contributed by atoms with van der Waals surface area (Å²) in [4.78, 5) is 16.0. The molecule has 0 unspecified atom stereocenters. The lowest BCUT2D eigenvalue weighted by Crippen LogP contribution is -2.16. The molecule has 2 heterocycles. The van der Waals surface area contributed by atoms with Crippen molar-refractivity contribution in [3.63, 3.8) is 0 Å². The first kappa shape index (κ1) is 8.46. The third kappa shape index (κ3) is 1.18. The third-order valence-electron chi connectivity index (χ3n) is 1.54. The van der Waals surface area contributed by atoms with E-state index in [9.17, 15) is 4.79 Å². The molecule has 13 heavy (non-hydrogen) atoms. The minimum Gasteiger partial charge on any atom is -0.374 e. The van der Waals surface area contributed by atoms with Crippen LogP contribution in [0.5, 0.6) is 0 Å². The predicted molar refractivity (Wildman–Crippen MR) is 51.3 cm³/mol. The van der Waals surface area contributed by atoms with Crippen LogP contribution in [0, 0.1) is 6.92 Å². The number of nitrogens with zero attached hydrogens (tertiary/aromatic N) is 3. The highest BCUT2D eigenvalue weighted by Gasteiger charge is 2.10. The average Bonchev–Trinajstić information content (AvgIpc) is 2.42. The predicted octanol–water partition coefficient (Wildman–Crippen LogP) is 0.695. The van der Waals surface area contributed by atoms with Crippen molar-refractivity contribution in [1.82, 2.24) is 14.6 Å². The maximum Gasteiger partial charge on any atom is 0.294 e. The van der Waals surface area contributed by atoms with E-state index in [1.807, 2.05) is 0 Å². The molecule has 0 spiro atoms. The number of hydrogen-bond donors (Lipinski definition) is 1. The van der Waals surface area contributed by atoms with Crippen LogP contribution in [0.4, 0.5) is 5.13 Å². The van der Waals surface area contributed by atoms with E-state index in [2.05, 4.69) is 10.1 Å². The van der Waals surface area contributed by atoms with E-state index in [0.29, 0.717) is 15.8 Å². The summed E-state index contributed by atoms with van der Waals surface area (Å²) in [6, 6.07) is 0. The minimum absolute atomic E-state index is 0.0859. The minimum atomic E-state index is -0.378. The molecule has 0 bridgehead atoms. The molecule has 7 heteroatoms. The Morgan fingerprint density at radius 2 is 2.31 bits per heavy atom. The molecule has 5 nitrogen and oxygen atoms in total. The van der Waals surface area contributed by atoms with E-state index in [1.54, 1.807) is 6.92 Å². The zero-order valence-corrected chi connectivity index (χ0v) is 8.19. The molecule has 0 aliphatic rings. The summed E-state index contributed by atoms with van der Waals surface area (Å²) in [6.45, 7) is 1.67. The molecule has 0 saturated heterocycles. The largest absolute Gasteiger partial charge is 0.374 e. The van der Waals surface area contributed by atoms with Gasteiger partial charge in [-0.05, 0) is 6.92 Å². The van der Waals surface area contributed by atoms with Crippen molar-refractivity contribution in [3.8, 4) is 0 Å². The molecule has 0 radical (unpaired) electrons. The fourth-order valence-electron chi connectivity index (χ4n) is 0.941. The molecule has 0 atom stereocenters. The van der Waals surface area contributed by atoms with E-state index < -0.39 is 0 Å². The highest BCUT2D eigenvalue weighted by atomic mass is 35.5. The van der Waals surface area contributed by atoms with Crippen LogP contribution in [-0.4, -0.2) is 14.6 Å². The number of nitrogen functional groups attached to an aromatic ring is 1. The van der Waals surface area contributed by atoms with Gasteiger partial charge in [0.1, 0.15) is 5.02 Å². The van der Waals surface area contributed by atoms with E-state index >= 15 is 0 Å². The first-order valence-electron chi connectivity index (χ1n) is 3.41. The Labute approximate surface area is 81.8 Å². The maximum absolute atomic E-state index is 11.4. The fourth-order valence-corrected chi connectivity index (χ4v) is 1.77. The van der Waals surface area contributed by atoms with Gasteiger partial charge in [-0.3, -0.25) is 4.79 Å². The first-order valence-corrected chi connectivity index (χ1v) is 4.60. The molecule has 0 aromatic carbocycles. The lowest BCUT2D eigenvalue weighted by Gasteiger charge is -1.94. The Hall–Kier alpha value is -1.14. The molecule has 2 aromatic rings. The molecule has 0 saturated carbocycles. The third-order valence-corrected chi connectivity index (χ3v) is 2.71. The van der Waals surface area contributed by atoms with Gasteiger partial charge in [0, 0.05) is 0 Å². The fraction of sp³-hybridized carbons (Fsp3) is 0.167. The topological polar surface area (TPSA) is 73.3 Å². The zero-order chi connectivity index (χ0) is 9.59. The summed E-state index contributed by atoms with van der Waals surface area (Å²) < 4.78 is 1.11. The van der Waals surface area contributed by atoms with E-state index in [0.717, 1.165) is 15.9 Å². The van der Waals surface area contributed by atoms with E-state index in [-0.39, 0.29) is 10.6 Å². The van der Waals surface area contributed by atoms with Crippen molar-refractivity contribution < 1.29 is 0 Å². The number of nitrogens with two attached hydrogens (primary N) is 1. The second kappa shape index (κ2) is 2.68. The van der Waals surface area contributed by atoms with Gasteiger partial charge in [-0.1, -0.05) is 22.9 Å². The summed E-state index contributed by atoms with van der Waals surface area (Å²) in [5.41, 5.74) is 5.54. The second-order valence-corrected chi connectivity index (χ2v) is 3.82. The van der Waals surface area contributed by atoms with E-state index in [1.165, 1.54) is 0 Å². The average molecular weight is 217 g/mol. The number of hydrogen-bond acceptors (Lipinski definition) is 5. The number of aryl methyl sites for hydroxylation is 1. The summed E-state index contributed by atoms with van der Waals surface area (Å²) in [7, 11) is 0. The summed E-state index contributed by atoms with van der Waals surface area (Å²) >= 11 is 6.84. The van der Waals surface area contributed by atoms with Crippen molar-refractivity contribution >= 4 is 33.0 Å². The van der Waals surface area contributed by atoms with Crippen LogP contribution in [0.2, 0.25) is 5.02 Å². The van der Waals surface area contributed by atoms with Crippen LogP contribution in [0.15, 0.2) is 4.79 Å². The van der Waals surface area contributed by atoms with Gasteiger partial charge in [0.15, 0.2) is 0 Å². The van der Waals surface area contributed by atoms with Gasteiger partial charge in [-0.2, -0.15) is 4.52 Å². The Balaban J connectivity index is 3.01. The number of halogens is 1. The van der Waals surface area contributed by atoms with Crippen molar-refractivity contribution in [2.45, 2.75) is 6.92 Å². The smallest absolute Gasteiger partial charge is 0.294 e.